The maximum atomic E-state index is 12.4. The standard InChI is InChI=1S/C17H21NO3/c1-11(2)8-17(16(20)21)9-14(19)18(10-17)15-12(3)6-5-7-13(15)4/h5-7H,1,8-10H2,2-4H3,(H,20,21)/t17-/m0/s1. The Morgan fingerprint density at radius 2 is 1.95 bits per heavy atom. The number of amides is 1. The first kappa shape index (κ1) is 15.3. The van der Waals surface area contributed by atoms with Gasteiger partial charge in [-0.05, 0) is 38.3 Å². The fraction of sp³-hybridized carbons (Fsp3) is 0.412. The molecule has 1 fully saturated rings. The van der Waals surface area contributed by atoms with Gasteiger partial charge in [-0.3, -0.25) is 9.59 Å². The second kappa shape index (κ2) is 5.35. The van der Waals surface area contributed by atoms with Gasteiger partial charge >= 0.3 is 5.97 Å². The molecule has 0 saturated carbocycles. The monoisotopic (exact) mass is 287 g/mol. The molecular weight excluding hydrogens is 266 g/mol. The molecule has 4 nitrogen and oxygen atoms in total. The van der Waals surface area contributed by atoms with Gasteiger partial charge in [0.1, 0.15) is 0 Å². The number of carbonyl (C=O) groups is 2. The molecule has 1 amide bonds. The maximum Gasteiger partial charge on any atom is 0.312 e. The summed E-state index contributed by atoms with van der Waals surface area (Å²) >= 11 is 0. The lowest BCUT2D eigenvalue weighted by molar-refractivity contribution is -0.148. The normalized spacial score (nSPS) is 21.7. The van der Waals surface area contributed by atoms with E-state index in [0.717, 1.165) is 22.4 Å². The summed E-state index contributed by atoms with van der Waals surface area (Å²) in [5.41, 5.74) is 2.54. The van der Waals surface area contributed by atoms with Crippen LogP contribution >= 0.6 is 0 Å². The minimum absolute atomic E-state index is 0.0307. The Morgan fingerprint density at radius 3 is 2.43 bits per heavy atom. The minimum Gasteiger partial charge on any atom is -0.481 e. The molecular formula is C17H21NO3. The lowest BCUT2D eigenvalue weighted by Gasteiger charge is -2.26. The maximum absolute atomic E-state index is 12.4. The highest BCUT2D eigenvalue weighted by atomic mass is 16.4. The summed E-state index contributed by atoms with van der Waals surface area (Å²) < 4.78 is 0. The Balaban J connectivity index is 2.43. The number of nitrogens with zero attached hydrogens (tertiary/aromatic N) is 1. The summed E-state index contributed by atoms with van der Waals surface area (Å²) in [6, 6.07) is 5.82. The average Bonchev–Trinajstić information content (AvgIpc) is 2.66. The Morgan fingerprint density at radius 1 is 1.38 bits per heavy atom. The van der Waals surface area contributed by atoms with E-state index < -0.39 is 11.4 Å². The third kappa shape index (κ3) is 2.71. The lowest BCUT2D eigenvalue weighted by Crippen LogP contribution is -2.35. The van der Waals surface area contributed by atoms with Crippen LogP contribution in [0.2, 0.25) is 0 Å². The van der Waals surface area contributed by atoms with Crippen molar-refractivity contribution >= 4 is 17.6 Å². The van der Waals surface area contributed by atoms with E-state index in [1.807, 2.05) is 32.0 Å². The first-order valence-electron chi connectivity index (χ1n) is 7.01. The molecule has 1 aliphatic rings. The zero-order valence-electron chi connectivity index (χ0n) is 12.8. The molecule has 1 aromatic rings. The van der Waals surface area contributed by atoms with Crippen molar-refractivity contribution in [3.05, 3.63) is 41.5 Å². The topological polar surface area (TPSA) is 57.6 Å². The number of para-hydroxylation sites is 1. The number of anilines is 1. The number of aryl methyl sites for hydroxylation is 2. The fourth-order valence-electron chi connectivity index (χ4n) is 3.18. The van der Waals surface area contributed by atoms with Gasteiger partial charge in [-0.15, -0.1) is 6.58 Å². The van der Waals surface area contributed by atoms with Gasteiger partial charge in [-0.1, -0.05) is 23.8 Å². The number of allylic oxidation sites excluding steroid dienone is 1. The minimum atomic E-state index is -1.06. The molecule has 0 bridgehead atoms. The Labute approximate surface area is 125 Å². The summed E-state index contributed by atoms with van der Waals surface area (Å²) in [5.74, 6) is -1.05. The SMILES string of the molecule is C=C(C)C[C@]1(C(=O)O)CC(=O)N(c2c(C)cccc2C)C1. The van der Waals surface area contributed by atoms with E-state index in [0.29, 0.717) is 6.42 Å². The number of aliphatic carboxylic acids is 1. The van der Waals surface area contributed by atoms with Crippen molar-refractivity contribution in [3.63, 3.8) is 0 Å². The third-order valence-electron chi connectivity index (χ3n) is 4.05. The second-order valence-electron chi connectivity index (χ2n) is 6.12. The summed E-state index contributed by atoms with van der Waals surface area (Å²) in [7, 11) is 0. The number of hydrogen-bond acceptors (Lipinski definition) is 2. The lowest BCUT2D eigenvalue weighted by atomic mass is 9.81. The van der Waals surface area contributed by atoms with Crippen LogP contribution in [-0.2, 0) is 9.59 Å². The molecule has 1 aliphatic heterocycles. The Hall–Kier alpha value is -2.10. The van der Waals surface area contributed by atoms with Crippen LogP contribution in [0.1, 0.15) is 30.9 Å². The number of carboxylic acid groups (broad SMARTS) is 1. The molecule has 1 saturated heterocycles. The predicted molar refractivity (Wildman–Crippen MR) is 82.4 cm³/mol. The quantitative estimate of drug-likeness (QED) is 0.866. The number of carbonyl (C=O) groups excluding carboxylic acids is 1. The summed E-state index contributed by atoms with van der Waals surface area (Å²) in [5, 5.41) is 9.61. The van der Waals surface area contributed by atoms with E-state index in [1.165, 1.54) is 0 Å². The largest absolute Gasteiger partial charge is 0.481 e. The van der Waals surface area contributed by atoms with Crippen molar-refractivity contribution in [2.45, 2.75) is 33.6 Å². The zero-order valence-corrected chi connectivity index (χ0v) is 12.8. The molecule has 0 aromatic heterocycles. The van der Waals surface area contributed by atoms with E-state index in [1.54, 1.807) is 11.8 Å². The number of benzene rings is 1. The first-order chi connectivity index (χ1) is 9.77. The molecule has 0 spiro atoms. The molecule has 21 heavy (non-hydrogen) atoms. The average molecular weight is 287 g/mol. The number of rotatable bonds is 4. The highest BCUT2D eigenvalue weighted by Crippen LogP contribution is 2.41. The van der Waals surface area contributed by atoms with E-state index in [-0.39, 0.29) is 18.9 Å². The van der Waals surface area contributed by atoms with Gasteiger partial charge in [0.25, 0.3) is 0 Å². The zero-order chi connectivity index (χ0) is 15.8. The van der Waals surface area contributed by atoms with Crippen LogP contribution in [0.15, 0.2) is 30.4 Å². The van der Waals surface area contributed by atoms with Crippen LogP contribution in [0.5, 0.6) is 0 Å². The van der Waals surface area contributed by atoms with Crippen molar-refractivity contribution in [1.29, 1.82) is 0 Å². The van der Waals surface area contributed by atoms with Crippen molar-refractivity contribution < 1.29 is 14.7 Å². The van der Waals surface area contributed by atoms with Crippen molar-refractivity contribution in [2.75, 3.05) is 11.4 Å². The third-order valence-corrected chi connectivity index (χ3v) is 4.05. The van der Waals surface area contributed by atoms with Crippen LogP contribution in [0, 0.1) is 19.3 Å². The van der Waals surface area contributed by atoms with Crippen LogP contribution in [0.4, 0.5) is 5.69 Å². The molecule has 1 heterocycles. The summed E-state index contributed by atoms with van der Waals surface area (Å²) in [6.45, 7) is 9.70. The molecule has 1 N–H and O–H groups in total. The van der Waals surface area contributed by atoms with Gasteiger partial charge in [-0.25, -0.2) is 0 Å². The summed E-state index contributed by atoms with van der Waals surface area (Å²) in [6.07, 6.45) is 0.360. The van der Waals surface area contributed by atoms with E-state index in [9.17, 15) is 14.7 Å². The number of carboxylic acids is 1. The van der Waals surface area contributed by atoms with E-state index in [2.05, 4.69) is 6.58 Å². The van der Waals surface area contributed by atoms with Gasteiger partial charge in [0.2, 0.25) is 5.91 Å². The first-order valence-corrected chi connectivity index (χ1v) is 7.01. The molecule has 0 unspecified atom stereocenters. The Bertz CT molecular complexity index is 600. The van der Waals surface area contributed by atoms with Gasteiger partial charge in [-0.2, -0.15) is 0 Å². The van der Waals surface area contributed by atoms with Crippen LogP contribution in [0.3, 0.4) is 0 Å². The van der Waals surface area contributed by atoms with E-state index in [4.69, 9.17) is 0 Å². The Kier molecular flexibility index (Phi) is 3.90. The molecule has 1 aromatic carbocycles. The van der Waals surface area contributed by atoms with Crippen LogP contribution in [0.25, 0.3) is 0 Å². The van der Waals surface area contributed by atoms with Crippen molar-refractivity contribution in [1.82, 2.24) is 0 Å². The molecule has 112 valence electrons. The van der Waals surface area contributed by atoms with E-state index >= 15 is 0 Å². The van der Waals surface area contributed by atoms with Gasteiger partial charge in [0.15, 0.2) is 0 Å². The molecule has 0 radical (unpaired) electrons. The van der Waals surface area contributed by atoms with Gasteiger partial charge in [0, 0.05) is 18.7 Å². The fourth-order valence-corrected chi connectivity index (χ4v) is 3.18. The van der Waals surface area contributed by atoms with Crippen LogP contribution in [-0.4, -0.2) is 23.5 Å². The van der Waals surface area contributed by atoms with Crippen molar-refractivity contribution in [2.24, 2.45) is 5.41 Å². The smallest absolute Gasteiger partial charge is 0.312 e. The van der Waals surface area contributed by atoms with Gasteiger partial charge < -0.3 is 10.0 Å². The summed E-state index contributed by atoms with van der Waals surface area (Å²) in [4.78, 5) is 25.8. The van der Waals surface area contributed by atoms with Crippen molar-refractivity contribution in [3.8, 4) is 0 Å². The molecule has 1 atom stereocenters. The highest BCUT2D eigenvalue weighted by Gasteiger charge is 2.49. The number of hydrogen-bond donors (Lipinski definition) is 1. The van der Waals surface area contributed by atoms with Crippen LogP contribution < -0.4 is 4.90 Å². The molecule has 4 heteroatoms. The van der Waals surface area contributed by atoms with Gasteiger partial charge in [0.05, 0.1) is 5.41 Å². The predicted octanol–water partition coefficient (Wildman–Crippen LogP) is 3.08. The second-order valence-corrected chi connectivity index (χ2v) is 6.12. The molecule has 0 aliphatic carbocycles. The molecule has 2 rings (SSSR count). The highest BCUT2D eigenvalue weighted by molar-refractivity contribution is 6.02.